The highest BCUT2D eigenvalue weighted by atomic mass is 19.1. The van der Waals surface area contributed by atoms with Gasteiger partial charge < -0.3 is 0 Å². The lowest BCUT2D eigenvalue weighted by Gasteiger charge is -2.14. The number of rotatable bonds is 1. The second kappa shape index (κ2) is 4.53. The van der Waals surface area contributed by atoms with E-state index in [-0.39, 0.29) is 11.4 Å². The predicted molar refractivity (Wildman–Crippen MR) is 83.0 cm³/mol. The summed E-state index contributed by atoms with van der Waals surface area (Å²) in [5, 5.41) is 0. The zero-order chi connectivity index (χ0) is 15.3. The van der Waals surface area contributed by atoms with Crippen LogP contribution in [0.3, 0.4) is 0 Å². The Labute approximate surface area is 125 Å². The molecule has 0 unspecified atom stereocenters. The van der Waals surface area contributed by atoms with Gasteiger partial charge in [-0.1, -0.05) is 18.2 Å². The van der Waals surface area contributed by atoms with Gasteiger partial charge in [0.2, 0.25) is 5.65 Å². The molecule has 4 rings (SSSR count). The first-order chi connectivity index (χ1) is 10.7. The van der Waals surface area contributed by atoms with E-state index >= 15 is 0 Å². The van der Waals surface area contributed by atoms with Crippen LogP contribution in [0.4, 0.5) is 4.39 Å². The highest BCUT2D eigenvalue weighted by molar-refractivity contribution is 5.80. The standard InChI is InChI=1S/C17H12FN3O/c1-11-4-2-3-5-13(11)21-15-10-12(18)6-7-14(15)20-9-8-19-16(20)17(21)22/h2-10H,1H3. The third-order valence-corrected chi connectivity index (χ3v) is 3.83. The summed E-state index contributed by atoms with van der Waals surface area (Å²) in [5.74, 6) is -0.381. The van der Waals surface area contributed by atoms with Crippen LogP contribution in [0, 0.1) is 12.7 Å². The Balaban J connectivity index is 2.29. The van der Waals surface area contributed by atoms with Crippen molar-refractivity contribution < 1.29 is 4.39 Å². The van der Waals surface area contributed by atoms with Gasteiger partial charge >= 0.3 is 0 Å². The van der Waals surface area contributed by atoms with Gasteiger partial charge in [-0.2, -0.15) is 0 Å². The number of fused-ring (bicyclic) bond motifs is 3. The zero-order valence-corrected chi connectivity index (χ0v) is 11.8. The van der Waals surface area contributed by atoms with Gasteiger partial charge in [0.05, 0.1) is 16.7 Å². The van der Waals surface area contributed by atoms with Crippen molar-refractivity contribution in [3.63, 3.8) is 0 Å². The van der Waals surface area contributed by atoms with Gasteiger partial charge in [-0.3, -0.25) is 13.8 Å². The number of aromatic nitrogens is 3. The van der Waals surface area contributed by atoms with Crippen LogP contribution in [0.1, 0.15) is 5.56 Å². The fourth-order valence-electron chi connectivity index (χ4n) is 2.80. The lowest BCUT2D eigenvalue weighted by Crippen LogP contribution is -2.22. The maximum Gasteiger partial charge on any atom is 0.299 e. The van der Waals surface area contributed by atoms with Crippen molar-refractivity contribution in [1.82, 2.24) is 14.0 Å². The van der Waals surface area contributed by atoms with E-state index in [2.05, 4.69) is 4.98 Å². The molecule has 0 spiro atoms. The van der Waals surface area contributed by atoms with E-state index < -0.39 is 0 Å². The summed E-state index contributed by atoms with van der Waals surface area (Å²) in [7, 11) is 0. The Morgan fingerprint density at radius 2 is 1.91 bits per heavy atom. The van der Waals surface area contributed by atoms with E-state index in [4.69, 9.17) is 0 Å². The largest absolute Gasteiger partial charge is 0.299 e. The van der Waals surface area contributed by atoms with Crippen LogP contribution in [0.2, 0.25) is 0 Å². The van der Waals surface area contributed by atoms with E-state index in [0.29, 0.717) is 11.2 Å². The van der Waals surface area contributed by atoms with E-state index in [1.165, 1.54) is 16.7 Å². The Kier molecular flexibility index (Phi) is 2.63. The van der Waals surface area contributed by atoms with Gasteiger partial charge in [0, 0.05) is 18.5 Å². The van der Waals surface area contributed by atoms with Crippen LogP contribution in [0.25, 0.3) is 22.4 Å². The van der Waals surface area contributed by atoms with Gasteiger partial charge in [-0.15, -0.1) is 0 Å². The molecule has 0 aliphatic heterocycles. The van der Waals surface area contributed by atoms with Crippen molar-refractivity contribution in [2.45, 2.75) is 6.92 Å². The minimum atomic E-state index is -0.381. The predicted octanol–water partition coefficient (Wildman–Crippen LogP) is 3.09. The highest BCUT2D eigenvalue weighted by Gasteiger charge is 2.14. The van der Waals surface area contributed by atoms with Gasteiger partial charge in [0.25, 0.3) is 5.56 Å². The molecule has 0 saturated heterocycles. The first-order valence-corrected chi connectivity index (χ1v) is 6.90. The highest BCUT2D eigenvalue weighted by Crippen LogP contribution is 2.21. The smallest absolute Gasteiger partial charge is 0.294 e. The van der Waals surface area contributed by atoms with E-state index in [0.717, 1.165) is 16.8 Å². The molecule has 0 aliphatic carbocycles. The molecule has 0 aliphatic rings. The number of benzene rings is 2. The summed E-state index contributed by atoms with van der Waals surface area (Å²) >= 11 is 0. The summed E-state index contributed by atoms with van der Waals surface area (Å²) in [5.41, 5.74) is 2.97. The molecule has 5 heteroatoms. The lowest BCUT2D eigenvalue weighted by molar-refractivity contribution is 0.628. The van der Waals surface area contributed by atoms with Crippen molar-refractivity contribution in [2.24, 2.45) is 0 Å². The van der Waals surface area contributed by atoms with Crippen LogP contribution in [0.15, 0.2) is 59.7 Å². The number of aryl methyl sites for hydroxylation is 1. The van der Waals surface area contributed by atoms with E-state index in [1.807, 2.05) is 31.2 Å². The summed E-state index contributed by atoms with van der Waals surface area (Å²) < 4.78 is 17.0. The number of hydrogen-bond acceptors (Lipinski definition) is 2. The average molecular weight is 293 g/mol. The maximum atomic E-state index is 13.8. The molecule has 2 aromatic heterocycles. The fraction of sp³-hybridized carbons (Fsp3) is 0.0588. The van der Waals surface area contributed by atoms with Crippen molar-refractivity contribution in [3.8, 4) is 5.69 Å². The Morgan fingerprint density at radius 1 is 1.09 bits per heavy atom. The topological polar surface area (TPSA) is 39.3 Å². The van der Waals surface area contributed by atoms with E-state index in [9.17, 15) is 9.18 Å². The van der Waals surface area contributed by atoms with Gasteiger partial charge in [-0.05, 0) is 30.7 Å². The molecule has 2 aromatic carbocycles. The Morgan fingerprint density at radius 3 is 2.73 bits per heavy atom. The minimum Gasteiger partial charge on any atom is -0.294 e. The van der Waals surface area contributed by atoms with Gasteiger partial charge in [0.1, 0.15) is 5.82 Å². The molecule has 2 heterocycles. The molecule has 0 atom stereocenters. The fourth-order valence-corrected chi connectivity index (χ4v) is 2.80. The average Bonchev–Trinajstić information content (AvgIpc) is 2.99. The molecule has 0 bridgehead atoms. The van der Waals surface area contributed by atoms with Crippen molar-refractivity contribution in [2.75, 3.05) is 0 Å². The van der Waals surface area contributed by atoms with Crippen LogP contribution >= 0.6 is 0 Å². The summed E-state index contributed by atoms with van der Waals surface area (Å²) in [6.07, 6.45) is 3.28. The maximum absolute atomic E-state index is 13.8. The van der Waals surface area contributed by atoms with Gasteiger partial charge in [0.15, 0.2) is 0 Å². The Bertz CT molecular complexity index is 1080. The van der Waals surface area contributed by atoms with Crippen molar-refractivity contribution >= 4 is 16.7 Å². The number of nitrogens with zero attached hydrogens (tertiary/aromatic N) is 3. The lowest BCUT2D eigenvalue weighted by atomic mass is 10.2. The van der Waals surface area contributed by atoms with Crippen LogP contribution in [-0.4, -0.2) is 14.0 Å². The molecular formula is C17H12FN3O. The first-order valence-electron chi connectivity index (χ1n) is 6.90. The van der Waals surface area contributed by atoms with Crippen molar-refractivity contribution in [1.29, 1.82) is 0 Å². The Hall–Kier alpha value is -2.95. The molecule has 0 amide bonds. The second-order valence-corrected chi connectivity index (χ2v) is 5.18. The molecular weight excluding hydrogens is 281 g/mol. The quantitative estimate of drug-likeness (QED) is 0.541. The molecule has 0 N–H and O–H groups in total. The third-order valence-electron chi connectivity index (χ3n) is 3.83. The summed E-state index contributed by atoms with van der Waals surface area (Å²) in [6.45, 7) is 1.92. The second-order valence-electron chi connectivity index (χ2n) is 5.18. The van der Waals surface area contributed by atoms with Crippen LogP contribution in [-0.2, 0) is 0 Å². The number of imidazole rings is 1. The SMILES string of the molecule is Cc1ccccc1-n1c(=O)c2nccn2c2ccc(F)cc21. The van der Waals surface area contributed by atoms with Crippen LogP contribution < -0.4 is 5.56 Å². The molecule has 0 saturated carbocycles. The molecule has 0 radical (unpaired) electrons. The zero-order valence-electron chi connectivity index (χ0n) is 11.8. The molecule has 22 heavy (non-hydrogen) atoms. The van der Waals surface area contributed by atoms with E-state index in [1.54, 1.807) is 22.9 Å². The minimum absolute atomic E-state index is 0.266. The molecule has 108 valence electrons. The van der Waals surface area contributed by atoms with Crippen LogP contribution in [0.5, 0.6) is 0 Å². The summed E-state index contributed by atoms with van der Waals surface area (Å²) in [4.78, 5) is 17.0. The normalized spacial score (nSPS) is 11.4. The number of halogens is 1. The monoisotopic (exact) mass is 293 g/mol. The first kappa shape index (κ1) is 12.8. The number of para-hydroxylation sites is 1. The molecule has 4 aromatic rings. The molecule has 4 nitrogen and oxygen atoms in total. The third kappa shape index (κ3) is 1.69. The van der Waals surface area contributed by atoms with Gasteiger partial charge in [-0.25, -0.2) is 9.37 Å². The molecule has 0 fully saturated rings. The summed E-state index contributed by atoms with van der Waals surface area (Å²) in [6, 6.07) is 11.9. The van der Waals surface area contributed by atoms with Crippen molar-refractivity contribution in [3.05, 3.63) is 76.6 Å². The number of hydrogen-bond donors (Lipinski definition) is 0.